The fourth-order valence-corrected chi connectivity index (χ4v) is 4.17. The van der Waals surface area contributed by atoms with Gasteiger partial charge in [0.25, 0.3) is 0 Å². The maximum absolute atomic E-state index is 2.55. The number of fused-ring (bicyclic) bond motifs is 2. The Morgan fingerprint density at radius 1 is 1.10 bits per heavy atom. The molecule has 0 saturated heterocycles. The summed E-state index contributed by atoms with van der Waals surface area (Å²) >= 11 is 0. The van der Waals surface area contributed by atoms with Gasteiger partial charge < -0.3 is 0 Å². The fourth-order valence-electron chi connectivity index (χ4n) is 4.17. The minimum absolute atomic E-state index is 0. The predicted molar refractivity (Wildman–Crippen MR) is 88.1 cm³/mol. The van der Waals surface area contributed by atoms with Crippen molar-refractivity contribution >= 4 is 6.08 Å². The summed E-state index contributed by atoms with van der Waals surface area (Å²) in [5.41, 5.74) is 6.91. The molecule has 0 heterocycles. The van der Waals surface area contributed by atoms with Crippen molar-refractivity contribution in [3.63, 3.8) is 0 Å². The number of hydrogen-bond donors (Lipinski definition) is 0. The molecule has 0 aromatic heterocycles. The molecular weight excluding hydrogens is 419 g/mol. The topological polar surface area (TPSA) is 0 Å². The average molecular weight is 447 g/mol. The van der Waals surface area contributed by atoms with Crippen molar-refractivity contribution in [2.24, 2.45) is 11.3 Å². The Morgan fingerprint density at radius 3 is 2.29 bits per heavy atom. The second kappa shape index (κ2) is 6.52. The largest absolute Gasteiger partial charge is 0.0761 e. The van der Waals surface area contributed by atoms with E-state index < -0.39 is 0 Å². The van der Waals surface area contributed by atoms with E-state index in [9.17, 15) is 0 Å². The van der Waals surface area contributed by atoms with Crippen LogP contribution in [0.1, 0.15) is 75.1 Å². The SMILES string of the molecule is CCC(C)C1C=Cc2cc3c(cc21)CC(CC)(CC)C3.[Hf]. The fraction of sp³-hybridized carbons (Fsp3) is 0.600. The van der Waals surface area contributed by atoms with Crippen LogP contribution in [0.4, 0.5) is 0 Å². The minimum atomic E-state index is 0. The van der Waals surface area contributed by atoms with Crippen molar-refractivity contribution in [2.75, 3.05) is 0 Å². The smallest absolute Gasteiger partial charge is 0.00528 e. The van der Waals surface area contributed by atoms with Crippen LogP contribution in [0.25, 0.3) is 6.08 Å². The molecule has 0 amide bonds. The summed E-state index contributed by atoms with van der Waals surface area (Å²) in [5, 5.41) is 0. The molecule has 0 N–H and O–H groups in total. The van der Waals surface area contributed by atoms with E-state index in [0.29, 0.717) is 11.3 Å². The first-order chi connectivity index (χ1) is 9.62. The summed E-state index contributed by atoms with van der Waals surface area (Å²) in [7, 11) is 0. The quantitative estimate of drug-likeness (QED) is 0.517. The standard InChI is InChI=1S/C20H28.Hf/c1-5-14(4)18-9-8-15-10-16-12-20(6-2,7-3)13-17(16)11-19(15)18;/h8-11,14,18H,5-7,12-13H2,1-4H3;. The van der Waals surface area contributed by atoms with Gasteiger partial charge in [0, 0.05) is 31.8 Å². The second-order valence-electron chi connectivity index (χ2n) is 7.08. The van der Waals surface area contributed by atoms with Crippen LogP contribution in [0.15, 0.2) is 18.2 Å². The van der Waals surface area contributed by atoms with Crippen LogP contribution in [-0.4, -0.2) is 0 Å². The van der Waals surface area contributed by atoms with Crippen molar-refractivity contribution in [3.8, 4) is 0 Å². The van der Waals surface area contributed by atoms with Crippen molar-refractivity contribution < 1.29 is 25.8 Å². The molecule has 2 aliphatic rings. The second-order valence-corrected chi connectivity index (χ2v) is 7.08. The molecular formula is C20H28Hf. The van der Waals surface area contributed by atoms with E-state index in [-0.39, 0.29) is 25.8 Å². The molecule has 1 aromatic rings. The molecule has 2 atom stereocenters. The molecule has 112 valence electrons. The number of allylic oxidation sites excluding steroid dienone is 1. The van der Waals surface area contributed by atoms with Crippen molar-refractivity contribution in [2.45, 2.75) is 65.7 Å². The summed E-state index contributed by atoms with van der Waals surface area (Å²) in [6.45, 7) is 9.43. The molecule has 3 rings (SSSR count). The molecule has 0 fully saturated rings. The first-order valence-corrected chi connectivity index (χ1v) is 8.46. The maximum Gasteiger partial charge on any atom is 0.00528 e. The molecule has 0 radical (unpaired) electrons. The Balaban J connectivity index is 0.00000161. The van der Waals surface area contributed by atoms with Crippen molar-refractivity contribution in [1.82, 2.24) is 0 Å². The normalized spacial score (nSPS) is 22.6. The summed E-state index contributed by atoms with van der Waals surface area (Å²) in [6, 6.07) is 5.05. The zero-order chi connectivity index (χ0) is 14.3. The Bertz CT molecular complexity index is 537. The number of hydrogen-bond acceptors (Lipinski definition) is 0. The Hall–Kier alpha value is -0.170. The predicted octanol–water partition coefficient (Wildman–Crippen LogP) is 5.75. The van der Waals surface area contributed by atoms with Crippen LogP contribution in [0.2, 0.25) is 0 Å². The van der Waals surface area contributed by atoms with E-state index in [1.165, 1.54) is 37.7 Å². The molecule has 1 heteroatoms. The van der Waals surface area contributed by atoms with Gasteiger partial charge >= 0.3 is 0 Å². The van der Waals surface area contributed by atoms with Gasteiger partial charge in [-0.25, -0.2) is 0 Å². The number of benzene rings is 1. The van der Waals surface area contributed by atoms with Crippen LogP contribution >= 0.6 is 0 Å². The molecule has 2 aliphatic carbocycles. The molecule has 0 nitrogen and oxygen atoms in total. The first kappa shape index (κ1) is 17.2. The molecule has 2 unspecified atom stereocenters. The third kappa shape index (κ3) is 2.87. The Labute approximate surface area is 149 Å². The number of rotatable bonds is 4. The van der Waals surface area contributed by atoms with Gasteiger partial charge in [-0.2, -0.15) is 0 Å². The van der Waals surface area contributed by atoms with Crippen molar-refractivity contribution in [3.05, 3.63) is 40.5 Å². The summed E-state index contributed by atoms with van der Waals surface area (Å²) in [4.78, 5) is 0. The zero-order valence-corrected chi connectivity index (χ0v) is 17.6. The van der Waals surface area contributed by atoms with E-state index in [0.717, 1.165) is 5.92 Å². The molecule has 0 bridgehead atoms. The van der Waals surface area contributed by atoms with Crippen LogP contribution in [0, 0.1) is 11.3 Å². The van der Waals surface area contributed by atoms with Gasteiger partial charge in [-0.1, -0.05) is 58.4 Å². The summed E-state index contributed by atoms with van der Waals surface area (Å²) in [6.07, 6.45) is 11.3. The molecule has 0 aliphatic heterocycles. The molecule has 1 aromatic carbocycles. The monoisotopic (exact) mass is 448 g/mol. The molecule has 21 heavy (non-hydrogen) atoms. The Morgan fingerprint density at radius 2 is 1.71 bits per heavy atom. The van der Waals surface area contributed by atoms with Crippen LogP contribution in [-0.2, 0) is 38.7 Å². The van der Waals surface area contributed by atoms with E-state index >= 15 is 0 Å². The van der Waals surface area contributed by atoms with Crippen LogP contribution in [0.3, 0.4) is 0 Å². The van der Waals surface area contributed by atoms with E-state index in [1.807, 2.05) is 0 Å². The summed E-state index contributed by atoms with van der Waals surface area (Å²) in [5.74, 6) is 1.41. The Kier molecular flexibility index (Phi) is 5.34. The molecule has 0 spiro atoms. The zero-order valence-electron chi connectivity index (χ0n) is 14.0. The molecule has 0 saturated carbocycles. The van der Waals surface area contributed by atoms with Gasteiger partial charge in [0.05, 0.1) is 0 Å². The van der Waals surface area contributed by atoms with E-state index in [4.69, 9.17) is 0 Å². The van der Waals surface area contributed by atoms with Gasteiger partial charge in [-0.3, -0.25) is 0 Å². The van der Waals surface area contributed by atoms with Gasteiger partial charge in [-0.05, 0) is 59.3 Å². The van der Waals surface area contributed by atoms with E-state index in [1.54, 1.807) is 16.7 Å². The van der Waals surface area contributed by atoms with Crippen LogP contribution in [0.5, 0.6) is 0 Å². The van der Waals surface area contributed by atoms with Gasteiger partial charge in [0.1, 0.15) is 0 Å². The minimum Gasteiger partial charge on any atom is -0.0761 e. The van der Waals surface area contributed by atoms with Gasteiger partial charge in [-0.15, -0.1) is 0 Å². The summed E-state index contributed by atoms with van der Waals surface area (Å²) < 4.78 is 0. The third-order valence-corrected chi connectivity index (χ3v) is 6.14. The first-order valence-electron chi connectivity index (χ1n) is 8.46. The van der Waals surface area contributed by atoms with Gasteiger partial charge in [0.15, 0.2) is 0 Å². The third-order valence-electron chi connectivity index (χ3n) is 6.14. The van der Waals surface area contributed by atoms with Gasteiger partial charge in [0.2, 0.25) is 0 Å². The maximum atomic E-state index is 2.55. The van der Waals surface area contributed by atoms with Crippen LogP contribution < -0.4 is 0 Å². The van der Waals surface area contributed by atoms with E-state index in [2.05, 4.69) is 52.0 Å². The van der Waals surface area contributed by atoms with Crippen molar-refractivity contribution in [1.29, 1.82) is 0 Å². The average Bonchev–Trinajstić information content (AvgIpc) is 3.04.